The Kier molecular flexibility index (Phi) is 5.76. The zero-order valence-corrected chi connectivity index (χ0v) is 12.3. The van der Waals surface area contributed by atoms with E-state index in [9.17, 15) is 14.7 Å². The number of aliphatic hydroxyl groups excluding tert-OH is 1. The lowest BCUT2D eigenvalue weighted by Gasteiger charge is -2.28. The van der Waals surface area contributed by atoms with Gasteiger partial charge in [-0.05, 0) is 26.3 Å². The maximum absolute atomic E-state index is 11.9. The minimum Gasteiger partial charge on any atom is -0.394 e. The second-order valence-corrected chi connectivity index (χ2v) is 5.09. The number of nitrogens with zero attached hydrogens (tertiary/aromatic N) is 1. The molecule has 112 valence electrons. The quantitative estimate of drug-likeness (QED) is 0.739. The number of rotatable bonds is 6. The van der Waals surface area contributed by atoms with Gasteiger partial charge in [-0.1, -0.05) is 13.3 Å². The van der Waals surface area contributed by atoms with Crippen LogP contribution in [0.25, 0.3) is 0 Å². The van der Waals surface area contributed by atoms with Crippen LogP contribution < -0.4 is 16.2 Å². The topological polar surface area (TPSA) is 83.4 Å². The van der Waals surface area contributed by atoms with Crippen molar-refractivity contribution in [2.24, 2.45) is 0 Å². The number of carbonyl (C=O) groups excluding carboxylic acids is 1. The van der Waals surface area contributed by atoms with Crippen molar-refractivity contribution in [3.8, 4) is 0 Å². The summed E-state index contributed by atoms with van der Waals surface area (Å²) in [6.45, 7) is 6.06. The van der Waals surface area contributed by atoms with E-state index in [2.05, 4.69) is 10.6 Å². The van der Waals surface area contributed by atoms with Gasteiger partial charge in [0.25, 0.3) is 5.56 Å². The Balaban J connectivity index is 2.73. The molecule has 0 aliphatic heterocycles. The summed E-state index contributed by atoms with van der Waals surface area (Å²) in [5.74, 6) is 0. The van der Waals surface area contributed by atoms with Gasteiger partial charge in [-0.15, -0.1) is 0 Å². The molecule has 0 spiro atoms. The van der Waals surface area contributed by atoms with E-state index in [1.165, 1.54) is 10.6 Å². The first-order valence-corrected chi connectivity index (χ1v) is 6.84. The first-order valence-electron chi connectivity index (χ1n) is 6.84. The van der Waals surface area contributed by atoms with Crippen molar-refractivity contribution in [3.63, 3.8) is 0 Å². The third-order valence-corrected chi connectivity index (χ3v) is 3.15. The van der Waals surface area contributed by atoms with E-state index in [1.54, 1.807) is 19.2 Å². The fourth-order valence-electron chi connectivity index (χ4n) is 2.02. The van der Waals surface area contributed by atoms with E-state index < -0.39 is 11.6 Å². The van der Waals surface area contributed by atoms with Crippen LogP contribution in [0.3, 0.4) is 0 Å². The van der Waals surface area contributed by atoms with E-state index in [-0.39, 0.29) is 12.2 Å². The number of pyridine rings is 1. The number of urea groups is 1. The summed E-state index contributed by atoms with van der Waals surface area (Å²) < 4.78 is 1.51. The summed E-state index contributed by atoms with van der Waals surface area (Å²) in [6, 6.07) is 2.58. The lowest BCUT2D eigenvalue weighted by Crippen LogP contribution is -2.50. The molecule has 0 bridgehead atoms. The number of nitrogens with one attached hydrogen (secondary N) is 2. The van der Waals surface area contributed by atoms with Gasteiger partial charge in [0.15, 0.2) is 0 Å². The van der Waals surface area contributed by atoms with Crippen molar-refractivity contribution in [1.82, 2.24) is 9.88 Å². The van der Waals surface area contributed by atoms with Crippen molar-refractivity contribution in [3.05, 3.63) is 28.7 Å². The molecule has 6 nitrogen and oxygen atoms in total. The summed E-state index contributed by atoms with van der Waals surface area (Å²) in [6.07, 6.45) is 3.14. The highest BCUT2D eigenvalue weighted by Gasteiger charge is 2.24. The molecule has 3 N–H and O–H groups in total. The molecule has 0 aliphatic carbocycles. The van der Waals surface area contributed by atoms with Crippen LogP contribution in [0.5, 0.6) is 0 Å². The summed E-state index contributed by atoms with van der Waals surface area (Å²) in [4.78, 5) is 23.4. The van der Waals surface area contributed by atoms with Crippen LogP contribution in [0.1, 0.15) is 33.6 Å². The second-order valence-electron chi connectivity index (χ2n) is 5.09. The third kappa shape index (κ3) is 4.38. The SMILES string of the molecule is CCCC(C)(CO)NC(=O)Nc1ccc(=O)n(CC)c1. The van der Waals surface area contributed by atoms with Gasteiger partial charge in [-0.25, -0.2) is 4.79 Å². The highest BCUT2D eigenvalue weighted by Crippen LogP contribution is 2.12. The molecule has 0 aromatic carbocycles. The predicted octanol–water partition coefficient (Wildman–Crippen LogP) is 1.54. The maximum atomic E-state index is 11.9. The molecule has 1 unspecified atom stereocenters. The van der Waals surface area contributed by atoms with Crippen LogP contribution in [-0.4, -0.2) is 27.9 Å². The Morgan fingerprint density at radius 3 is 2.65 bits per heavy atom. The first kappa shape index (κ1) is 16.2. The molecule has 0 saturated heterocycles. The summed E-state index contributed by atoms with van der Waals surface area (Å²) in [5, 5.41) is 14.8. The molecule has 0 aliphatic rings. The van der Waals surface area contributed by atoms with Crippen molar-refractivity contribution in [1.29, 1.82) is 0 Å². The number of amides is 2. The average Bonchev–Trinajstić information content (AvgIpc) is 2.41. The molecule has 1 atom stereocenters. The number of hydrogen-bond acceptors (Lipinski definition) is 3. The van der Waals surface area contributed by atoms with Gasteiger partial charge in [0.05, 0.1) is 17.8 Å². The zero-order valence-electron chi connectivity index (χ0n) is 12.3. The van der Waals surface area contributed by atoms with Gasteiger partial charge in [-0.2, -0.15) is 0 Å². The Bertz CT molecular complexity index is 513. The molecule has 2 amide bonds. The van der Waals surface area contributed by atoms with E-state index in [1.807, 2.05) is 13.8 Å². The Morgan fingerprint density at radius 1 is 1.40 bits per heavy atom. The average molecular weight is 281 g/mol. The number of hydrogen-bond donors (Lipinski definition) is 3. The molecule has 6 heteroatoms. The molecular formula is C14H23N3O3. The standard InChI is InChI=1S/C14H23N3O3/c1-4-8-14(3,10-18)16-13(20)15-11-6-7-12(19)17(5-2)9-11/h6-7,9,18H,4-5,8,10H2,1-3H3,(H2,15,16,20). The van der Waals surface area contributed by atoms with Gasteiger partial charge < -0.3 is 20.3 Å². The zero-order chi connectivity index (χ0) is 15.2. The number of carbonyl (C=O) groups is 1. The molecular weight excluding hydrogens is 258 g/mol. The molecule has 20 heavy (non-hydrogen) atoms. The highest BCUT2D eigenvalue weighted by atomic mass is 16.3. The lowest BCUT2D eigenvalue weighted by molar-refractivity contribution is 0.167. The fraction of sp³-hybridized carbons (Fsp3) is 0.571. The largest absolute Gasteiger partial charge is 0.394 e. The molecule has 0 radical (unpaired) electrons. The van der Waals surface area contributed by atoms with Crippen LogP contribution in [0.15, 0.2) is 23.1 Å². The molecule has 0 fully saturated rings. The molecule has 0 saturated carbocycles. The minimum atomic E-state index is -0.641. The molecule has 1 rings (SSSR count). The normalized spacial score (nSPS) is 13.6. The number of aryl methyl sites for hydroxylation is 1. The van der Waals surface area contributed by atoms with E-state index >= 15 is 0 Å². The molecule has 1 aromatic heterocycles. The third-order valence-electron chi connectivity index (χ3n) is 3.15. The smallest absolute Gasteiger partial charge is 0.319 e. The minimum absolute atomic E-state index is 0.107. The van der Waals surface area contributed by atoms with Crippen molar-refractivity contribution < 1.29 is 9.90 Å². The van der Waals surface area contributed by atoms with E-state index in [0.29, 0.717) is 18.7 Å². The van der Waals surface area contributed by atoms with Crippen molar-refractivity contribution in [2.75, 3.05) is 11.9 Å². The second kappa shape index (κ2) is 7.09. The lowest BCUT2D eigenvalue weighted by atomic mass is 9.98. The Labute approximate surface area is 118 Å². The van der Waals surface area contributed by atoms with Crippen LogP contribution in [-0.2, 0) is 6.54 Å². The maximum Gasteiger partial charge on any atom is 0.319 e. The summed E-state index contributed by atoms with van der Waals surface area (Å²) in [5.41, 5.74) is -0.205. The van der Waals surface area contributed by atoms with E-state index in [0.717, 1.165) is 6.42 Å². The Morgan fingerprint density at radius 2 is 2.10 bits per heavy atom. The van der Waals surface area contributed by atoms with Crippen LogP contribution in [0.4, 0.5) is 10.5 Å². The first-order chi connectivity index (χ1) is 9.44. The van der Waals surface area contributed by atoms with Gasteiger partial charge >= 0.3 is 6.03 Å². The summed E-state index contributed by atoms with van der Waals surface area (Å²) >= 11 is 0. The van der Waals surface area contributed by atoms with E-state index in [4.69, 9.17) is 0 Å². The van der Waals surface area contributed by atoms with Gasteiger partial charge in [0, 0.05) is 18.8 Å². The Hall–Kier alpha value is -1.82. The monoisotopic (exact) mass is 281 g/mol. The van der Waals surface area contributed by atoms with Crippen LogP contribution in [0.2, 0.25) is 0 Å². The van der Waals surface area contributed by atoms with Crippen molar-refractivity contribution in [2.45, 2.75) is 45.7 Å². The fourth-order valence-corrected chi connectivity index (χ4v) is 2.02. The number of anilines is 1. The van der Waals surface area contributed by atoms with Crippen LogP contribution >= 0.6 is 0 Å². The molecule has 1 aromatic rings. The number of aromatic nitrogens is 1. The van der Waals surface area contributed by atoms with Crippen molar-refractivity contribution >= 4 is 11.7 Å². The highest BCUT2D eigenvalue weighted by molar-refractivity contribution is 5.89. The molecule has 1 heterocycles. The van der Waals surface area contributed by atoms with Crippen LogP contribution in [0, 0.1) is 0 Å². The van der Waals surface area contributed by atoms with Gasteiger partial charge in [0.1, 0.15) is 0 Å². The van der Waals surface area contributed by atoms with Gasteiger partial charge in [-0.3, -0.25) is 4.79 Å². The van der Waals surface area contributed by atoms with Gasteiger partial charge in [0.2, 0.25) is 0 Å². The predicted molar refractivity (Wildman–Crippen MR) is 78.9 cm³/mol. The number of aliphatic hydroxyl groups is 1. The summed E-state index contributed by atoms with van der Waals surface area (Å²) in [7, 11) is 0.